The fourth-order valence-corrected chi connectivity index (χ4v) is 3.86. The first-order chi connectivity index (χ1) is 12.8. The van der Waals surface area contributed by atoms with Crippen molar-refractivity contribution in [2.24, 2.45) is 14.1 Å². The van der Waals surface area contributed by atoms with Crippen LogP contribution in [0.3, 0.4) is 0 Å². The summed E-state index contributed by atoms with van der Waals surface area (Å²) < 4.78 is 8.40. The van der Waals surface area contributed by atoms with Gasteiger partial charge in [0.15, 0.2) is 0 Å². The Kier molecular flexibility index (Phi) is 5.32. The van der Waals surface area contributed by atoms with Crippen molar-refractivity contribution < 1.29 is 9.53 Å². The molecular formula is C20H23N3O3S. The third-order valence-corrected chi connectivity index (χ3v) is 5.38. The van der Waals surface area contributed by atoms with E-state index in [1.165, 1.54) is 0 Å². The number of nitrogens with one attached hydrogen (secondary N) is 1. The second kappa shape index (κ2) is 7.52. The highest BCUT2D eigenvalue weighted by molar-refractivity contribution is 8.00. The average molecular weight is 385 g/mol. The Bertz CT molecular complexity index is 1070. The van der Waals surface area contributed by atoms with E-state index in [1.54, 1.807) is 66.4 Å². The number of aryl methyl sites for hydroxylation is 2. The summed E-state index contributed by atoms with van der Waals surface area (Å²) in [5, 5.41) is 3.32. The van der Waals surface area contributed by atoms with E-state index in [2.05, 4.69) is 19.2 Å². The van der Waals surface area contributed by atoms with E-state index in [0.717, 1.165) is 15.9 Å². The molecule has 0 spiro atoms. The molecule has 0 saturated carbocycles. The molecule has 3 rings (SSSR count). The molecule has 2 aromatic carbocycles. The molecule has 7 heteroatoms. The van der Waals surface area contributed by atoms with Crippen molar-refractivity contribution in [3.8, 4) is 5.75 Å². The molecule has 1 amide bonds. The first kappa shape index (κ1) is 19.1. The van der Waals surface area contributed by atoms with Crippen LogP contribution in [0, 0.1) is 0 Å². The van der Waals surface area contributed by atoms with E-state index in [4.69, 9.17) is 4.74 Å². The number of hydrogen-bond donors (Lipinski definition) is 1. The van der Waals surface area contributed by atoms with Crippen molar-refractivity contribution in [2.45, 2.75) is 24.0 Å². The number of benzene rings is 2. The average Bonchev–Trinajstić information content (AvgIpc) is 2.85. The molecule has 0 atom stereocenters. The van der Waals surface area contributed by atoms with Gasteiger partial charge < -0.3 is 10.1 Å². The molecule has 0 fully saturated rings. The highest BCUT2D eigenvalue weighted by atomic mass is 32.2. The molecule has 0 bridgehead atoms. The number of imidazole rings is 1. The summed E-state index contributed by atoms with van der Waals surface area (Å²) in [6, 6.07) is 10.8. The molecule has 0 radical (unpaired) electrons. The van der Waals surface area contributed by atoms with Gasteiger partial charge in [0.2, 0.25) is 0 Å². The Labute approximate surface area is 162 Å². The van der Waals surface area contributed by atoms with Gasteiger partial charge in [-0.2, -0.15) is 0 Å². The molecule has 0 saturated heterocycles. The molecule has 0 aliphatic carbocycles. The number of carbonyl (C=O) groups is 1. The highest BCUT2D eigenvalue weighted by Gasteiger charge is 2.16. The molecule has 6 nitrogen and oxygen atoms in total. The molecule has 0 unspecified atom stereocenters. The van der Waals surface area contributed by atoms with Gasteiger partial charge in [0.25, 0.3) is 5.91 Å². The van der Waals surface area contributed by atoms with E-state index in [9.17, 15) is 9.59 Å². The number of aromatic nitrogens is 2. The Morgan fingerprint density at radius 2 is 1.78 bits per heavy atom. The first-order valence-corrected chi connectivity index (χ1v) is 9.51. The van der Waals surface area contributed by atoms with Crippen LogP contribution in [0.1, 0.15) is 24.2 Å². The van der Waals surface area contributed by atoms with Crippen LogP contribution in [0.4, 0.5) is 5.69 Å². The number of fused-ring (bicyclic) bond motifs is 1. The maximum Gasteiger partial charge on any atom is 0.328 e. The second-order valence-electron chi connectivity index (χ2n) is 6.59. The predicted octanol–water partition coefficient (Wildman–Crippen LogP) is 3.64. The largest absolute Gasteiger partial charge is 0.497 e. The van der Waals surface area contributed by atoms with E-state index < -0.39 is 0 Å². The maximum absolute atomic E-state index is 12.8. The van der Waals surface area contributed by atoms with Gasteiger partial charge in [-0.05, 0) is 30.3 Å². The van der Waals surface area contributed by atoms with Crippen LogP contribution in [-0.4, -0.2) is 27.4 Å². The number of ether oxygens (including phenoxy) is 1. The number of carbonyl (C=O) groups excluding carboxylic acids is 1. The second-order valence-corrected chi connectivity index (χ2v) is 8.21. The lowest BCUT2D eigenvalue weighted by Crippen LogP contribution is -2.19. The van der Waals surface area contributed by atoms with Crippen LogP contribution >= 0.6 is 11.8 Å². The van der Waals surface area contributed by atoms with Gasteiger partial charge in [-0.1, -0.05) is 19.9 Å². The van der Waals surface area contributed by atoms with Gasteiger partial charge >= 0.3 is 5.69 Å². The topological polar surface area (TPSA) is 65.3 Å². The molecule has 27 heavy (non-hydrogen) atoms. The fraction of sp³-hybridized carbons (Fsp3) is 0.300. The van der Waals surface area contributed by atoms with E-state index >= 15 is 0 Å². The van der Waals surface area contributed by atoms with Crippen LogP contribution < -0.4 is 15.7 Å². The summed E-state index contributed by atoms with van der Waals surface area (Å²) in [6.45, 7) is 4.18. The number of amides is 1. The summed E-state index contributed by atoms with van der Waals surface area (Å²) in [6.07, 6.45) is 0. The summed E-state index contributed by atoms with van der Waals surface area (Å²) in [7, 11) is 5.05. The van der Waals surface area contributed by atoms with Gasteiger partial charge in [0.05, 0.1) is 23.8 Å². The highest BCUT2D eigenvalue weighted by Crippen LogP contribution is 2.34. The van der Waals surface area contributed by atoms with Crippen molar-refractivity contribution in [3.63, 3.8) is 0 Å². The van der Waals surface area contributed by atoms with Gasteiger partial charge in [-0.25, -0.2) is 4.79 Å². The van der Waals surface area contributed by atoms with Crippen LogP contribution in [0.25, 0.3) is 11.0 Å². The smallest absolute Gasteiger partial charge is 0.328 e. The van der Waals surface area contributed by atoms with Crippen molar-refractivity contribution in [3.05, 3.63) is 52.4 Å². The SMILES string of the molecule is COc1cccc(C(=O)Nc2cc3c(cc2SC(C)C)n(C)c(=O)n3C)c1. The summed E-state index contributed by atoms with van der Waals surface area (Å²) >= 11 is 1.64. The molecule has 1 N–H and O–H groups in total. The van der Waals surface area contributed by atoms with Crippen LogP contribution in [0.5, 0.6) is 5.75 Å². The van der Waals surface area contributed by atoms with Gasteiger partial charge in [-0.15, -0.1) is 11.8 Å². The first-order valence-electron chi connectivity index (χ1n) is 8.63. The van der Waals surface area contributed by atoms with E-state index in [0.29, 0.717) is 22.3 Å². The Hall–Kier alpha value is -2.67. The third kappa shape index (κ3) is 3.73. The maximum atomic E-state index is 12.8. The number of rotatable bonds is 5. The van der Waals surface area contributed by atoms with Crippen molar-refractivity contribution in [1.29, 1.82) is 0 Å². The van der Waals surface area contributed by atoms with Crippen molar-refractivity contribution >= 4 is 34.4 Å². The molecule has 1 heterocycles. The normalized spacial score (nSPS) is 11.2. The molecule has 1 aromatic heterocycles. The van der Waals surface area contributed by atoms with Gasteiger partial charge in [-0.3, -0.25) is 13.9 Å². The number of nitrogens with zero attached hydrogens (tertiary/aromatic N) is 2. The van der Waals surface area contributed by atoms with Crippen LogP contribution in [-0.2, 0) is 14.1 Å². The zero-order valence-electron chi connectivity index (χ0n) is 16.1. The standard InChI is InChI=1S/C20H23N3O3S/c1-12(2)27-18-11-17-16(22(3)20(25)23(17)4)10-15(18)21-19(24)13-7-6-8-14(9-13)26-5/h6-12H,1-5H3,(H,21,24). The molecule has 3 aromatic rings. The minimum Gasteiger partial charge on any atom is -0.497 e. The Morgan fingerprint density at radius 3 is 2.41 bits per heavy atom. The quantitative estimate of drug-likeness (QED) is 0.681. The minimum atomic E-state index is -0.222. The Balaban J connectivity index is 2.06. The van der Waals surface area contributed by atoms with Gasteiger partial charge in [0, 0.05) is 29.8 Å². The summed E-state index contributed by atoms with van der Waals surface area (Å²) in [5.74, 6) is 0.403. The Morgan fingerprint density at radius 1 is 1.11 bits per heavy atom. The number of hydrogen-bond acceptors (Lipinski definition) is 4. The third-order valence-electron chi connectivity index (χ3n) is 4.32. The monoisotopic (exact) mass is 385 g/mol. The lowest BCUT2D eigenvalue weighted by molar-refractivity contribution is 0.102. The molecular weight excluding hydrogens is 362 g/mol. The van der Waals surface area contributed by atoms with E-state index in [-0.39, 0.29) is 11.6 Å². The summed E-state index contributed by atoms with van der Waals surface area (Å²) in [5.41, 5.74) is 2.72. The van der Waals surface area contributed by atoms with Crippen molar-refractivity contribution in [2.75, 3.05) is 12.4 Å². The van der Waals surface area contributed by atoms with E-state index in [1.807, 2.05) is 12.1 Å². The fourth-order valence-electron chi connectivity index (χ4n) is 2.93. The zero-order chi connectivity index (χ0) is 19.7. The van der Waals surface area contributed by atoms with Crippen molar-refractivity contribution in [1.82, 2.24) is 9.13 Å². The number of methoxy groups -OCH3 is 1. The summed E-state index contributed by atoms with van der Waals surface area (Å²) in [4.78, 5) is 26.0. The molecule has 0 aliphatic rings. The molecule has 0 aliphatic heterocycles. The minimum absolute atomic E-state index is 0.0956. The van der Waals surface area contributed by atoms with Crippen LogP contribution in [0.15, 0.2) is 46.1 Å². The zero-order valence-corrected chi connectivity index (χ0v) is 16.9. The predicted molar refractivity (Wildman–Crippen MR) is 110 cm³/mol. The molecule has 142 valence electrons. The lowest BCUT2D eigenvalue weighted by atomic mass is 10.2. The lowest BCUT2D eigenvalue weighted by Gasteiger charge is -2.14. The van der Waals surface area contributed by atoms with Gasteiger partial charge in [0.1, 0.15) is 5.75 Å². The number of thioether (sulfide) groups is 1. The number of anilines is 1. The van der Waals surface area contributed by atoms with Crippen LogP contribution in [0.2, 0.25) is 0 Å².